The minimum atomic E-state index is 0.194. The van der Waals surface area contributed by atoms with E-state index in [1.807, 2.05) is 0 Å². The lowest BCUT2D eigenvalue weighted by Gasteiger charge is -2.23. The van der Waals surface area contributed by atoms with Gasteiger partial charge in [0.05, 0.1) is 0 Å². The van der Waals surface area contributed by atoms with Gasteiger partial charge >= 0.3 is 0 Å². The first kappa shape index (κ1) is 13.7. The summed E-state index contributed by atoms with van der Waals surface area (Å²) >= 11 is 3.59. The molecule has 18 heavy (non-hydrogen) atoms. The van der Waals surface area contributed by atoms with Gasteiger partial charge in [0, 0.05) is 4.48 Å². The topological polar surface area (TPSA) is 9.23 Å². The maximum Gasteiger partial charge on any atom is 0.130 e. The molecule has 1 nitrogen and oxygen atoms in total. The Hall–Kier alpha value is -0.760. The summed E-state index contributed by atoms with van der Waals surface area (Å²) in [5.41, 5.74) is 1.54. The fourth-order valence-electron chi connectivity index (χ4n) is 2.13. The van der Waals surface area contributed by atoms with Gasteiger partial charge in [0.2, 0.25) is 0 Å². The summed E-state index contributed by atoms with van der Waals surface area (Å²) < 4.78 is 7.21. The van der Waals surface area contributed by atoms with Crippen LogP contribution >= 0.6 is 15.9 Å². The maximum absolute atomic E-state index is 6.02. The number of allylic oxidation sites excluding steroid dienone is 1. The molecule has 98 valence electrons. The summed E-state index contributed by atoms with van der Waals surface area (Å²) in [6, 6.07) is 8.48. The average Bonchev–Trinajstić information content (AvgIpc) is 2.32. The largest absolute Gasteiger partial charge is 0.485 e. The standard InChI is InChI=1S/C16H21BrO/c1-16(2,3)12-8-10-13(11-9-12)18-15-7-5-4-6-14(15)17/h6,8-11,15H,4-5,7H2,1-3H3. The van der Waals surface area contributed by atoms with Gasteiger partial charge in [-0.15, -0.1) is 0 Å². The Morgan fingerprint density at radius 3 is 2.39 bits per heavy atom. The van der Waals surface area contributed by atoms with E-state index in [0.29, 0.717) is 0 Å². The molecule has 0 bridgehead atoms. The van der Waals surface area contributed by atoms with E-state index in [9.17, 15) is 0 Å². The summed E-state index contributed by atoms with van der Waals surface area (Å²) in [5.74, 6) is 0.959. The van der Waals surface area contributed by atoms with Gasteiger partial charge in [0.25, 0.3) is 0 Å². The smallest absolute Gasteiger partial charge is 0.130 e. The summed E-state index contributed by atoms with van der Waals surface area (Å²) in [6.07, 6.45) is 5.87. The zero-order chi connectivity index (χ0) is 13.2. The Bertz CT molecular complexity index is 425. The van der Waals surface area contributed by atoms with Crippen molar-refractivity contribution in [2.24, 2.45) is 0 Å². The van der Waals surface area contributed by atoms with Crippen molar-refractivity contribution in [3.8, 4) is 5.75 Å². The number of halogens is 1. The molecule has 0 N–H and O–H groups in total. The van der Waals surface area contributed by atoms with Crippen LogP contribution in [0.15, 0.2) is 34.8 Å². The Morgan fingerprint density at radius 1 is 1.17 bits per heavy atom. The van der Waals surface area contributed by atoms with Crippen LogP contribution in [0.5, 0.6) is 5.75 Å². The molecule has 1 aliphatic rings. The van der Waals surface area contributed by atoms with E-state index in [1.54, 1.807) is 0 Å². The van der Waals surface area contributed by atoms with Gasteiger partial charge in [0.1, 0.15) is 11.9 Å². The number of rotatable bonds is 2. The van der Waals surface area contributed by atoms with Gasteiger partial charge in [0.15, 0.2) is 0 Å². The van der Waals surface area contributed by atoms with Crippen LogP contribution in [0.2, 0.25) is 0 Å². The maximum atomic E-state index is 6.02. The third kappa shape index (κ3) is 3.38. The molecule has 1 aromatic rings. The van der Waals surface area contributed by atoms with Crippen molar-refractivity contribution >= 4 is 15.9 Å². The van der Waals surface area contributed by atoms with Crippen molar-refractivity contribution in [1.82, 2.24) is 0 Å². The van der Waals surface area contributed by atoms with Crippen LogP contribution in [0.1, 0.15) is 45.6 Å². The van der Waals surface area contributed by atoms with Gasteiger partial charge in [-0.2, -0.15) is 0 Å². The Kier molecular flexibility index (Phi) is 4.16. The van der Waals surface area contributed by atoms with E-state index in [1.165, 1.54) is 16.5 Å². The van der Waals surface area contributed by atoms with Crippen molar-refractivity contribution < 1.29 is 4.74 Å². The molecular weight excluding hydrogens is 288 g/mol. The summed E-state index contributed by atoms with van der Waals surface area (Å²) in [5, 5.41) is 0. The van der Waals surface area contributed by atoms with Gasteiger partial charge < -0.3 is 4.74 Å². The highest BCUT2D eigenvalue weighted by molar-refractivity contribution is 9.11. The Labute approximate surface area is 118 Å². The minimum Gasteiger partial charge on any atom is -0.485 e. The van der Waals surface area contributed by atoms with Crippen LogP contribution in [0.3, 0.4) is 0 Å². The molecule has 0 aromatic heterocycles. The van der Waals surface area contributed by atoms with E-state index in [2.05, 4.69) is 67.0 Å². The van der Waals surface area contributed by atoms with Crippen molar-refractivity contribution in [3.05, 3.63) is 40.4 Å². The minimum absolute atomic E-state index is 0.194. The predicted molar refractivity (Wildman–Crippen MR) is 80.4 cm³/mol. The van der Waals surface area contributed by atoms with Crippen molar-refractivity contribution in [2.75, 3.05) is 0 Å². The molecule has 0 spiro atoms. The van der Waals surface area contributed by atoms with Crippen LogP contribution in [0.25, 0.3) is 0 Å². The number of hydrogen-bond donors (Lipinski definition) is 0. The molecule has 0 heterocycles. The van der Waals surface area contributed by atoms with E-state index in [-0.39, 0.29) is 11.5 Å². The number of ether oxygens (including phenoxy) is 1. The molecule has 0 amide bonds. The van der Waals surface area contributed by atoms with Gasteiger partial charge in [-0.1, -0.05) is 54.9 Å². The summed E-state index contributed by atoms with van der Waals surface area (Å²) in [7, 11) is 0. The highest BCUT2D eigenvalue weighted by atomic mass is 79.9. The SMILES string of the molecule is CC(C)(C)c1ccc(OC2CCCC=C2Br)cc1. The first-order valence-electron chi connectivity index (χ1n) is 6.59. The fourth-order valence-corrected chi connectivity index (χ4v) is 2.68. The zero-order valence-electron chi connectivity index (χ0n) is 11.4. The highest BCUT2D eigenvalue weighted by Gasteiger charge is 2.18. The van der Waals surface area contributed by atoms with Gasteiger partial charge in [-0.3, -0.25) is 0 Å². The van der Waals surface area contributed by atoms with Crippen LogP contribution < -0.4 is 4.74 Å². The molecule has 0 aliphatic heterocycles. The van der Waals surface area contributed by atoms with Gasteiger partial charge in [-0.05, 0) is 42.4 Å². The van der Waals surface area contributed by atoms with Crippen molar-refractivity contribution in [2.45, 2.75) is 51.6 Å². The first-order valence-corrected chi connectivity index (χ1v) is 7.39. The monoisotopic (exact) mass is 308 g/mol. The second kappa shape index (κ2) is 5.48. The van der Waals surface area contributed by atoms with Crippen LogP contribution in [0.4, 0.5) is 0 Å². The van der Waals surface area contributed by atoms with E-state index < -0.39 is 0 Å². The van der Waals surface area contributed by atoms with E-state index in [4.69, 9.17) is 4.74 Å². The second-order valence-electron chi connectivity index (χ2n) is 5.90. The van der Waals surface area contributed by atoms with Gasteiger partial charge in [-0.25, -0.2) is 0 Å². The van der Waals surface area contributed by atoms with Crippen LogP contribution in [-0.2, 0) is 5.41 Å². The molecule has 0 fully saturated rings. The summed E-state index contributed by atoms with van der Waals surface area (Å²) in [4.78, 5) is 0. The molecule has 1 aliphatic carbocycles. The predicted octanol–water partition coefficient (Wildman–Crippen LogP) is 5.19. The Balaban J connectivity index is 2.07. The lowest BCUT2D eigenvalue weighted by Crippen LogP contribution is -2.19. The van der Waals surface area contributed by atoms with Crippen molar-refractivity contribution in [3.63, 3.8) is 0 Å². The molecule has 2 heteroatoms. The van der Waals surface area contributed by atoms with Crippen LogP contribution in [0, 0.1) is 0 Å². The summed E-state index contributed by atoms with van der Waals surface area (Å²) in [6.45, 7) is 6.68. The van der Waals surface area contributed by atoms with E-state index in [0.717, 1.165) is 18.6 Å². The molecule has 0 saturated carbocycles. The third-order valence-electron chi connectivity index (χ3n) is 3.32. The number of hydrogen-bond acceptors (Lipinski definition) is 1. The lowest BCUT2D eigenvalue weighted by molar-refractivity contribution is 0.227. The lowest BCUT2D eigenvalue weighted by atomic mass is 9.87. The molecule has 1 aromatic carbocycles. The molecule has 1 unspecified atom stereocenters. The average molecular weight is 309 g/mol. The highest BCUT2D eigenvalue weighted by Crippen LogP contribution is 2.29. The molecule has 2 rings (SSSR count). The fraction of sp³-hybridized carbons (Fsp3) is 0.500. The number of benzene rings is 1. The molecule has 0 radical (unpaired) electrons. The van der Waals surface area contributed by atoms with Crippen LogP contribution in [-0.4, -0.2) is 6.10 Å². The molecular formula is C16H21BrO. The quantitative estimate of drug-likeness (QED) is 0.730. The van der Waals surface area contributed by atoms with Crippen molar-refractivity contribution in [1.29, 1.82) is 0 Å². The Morgan fingerprint density at radius 2 is 1.83 bits per heavy atom. The molecule has 0 saturated heterocycles. The first-order chi connectivity index (χ1) is 8.47. The zero-order valence-corrected chi connectivity index (χ0v) is 13.0. The second-order valence-corrected chi connectivity index (χ2v) is 6.82. The normalized spacial score (nSPS) is 20.4. The molecule has 1 atom stereocenters. The van der Waals surface area contributed by atoms with E-state index >= 15 is 0 Å². The third-order valence-corrected chi connectivity index (χ3v) is 4.15.